The van der Waals surface area contributed by atoms with Gasteiger partial charge in [0.25, 0.3) is 5.91 Å². The second-order valence-electron chi connectivity index (χ2n) is 7.78. The maximum absolute atomic E-state index is 13.1. The first-order valence-corrected chi connectivity index (χ1v) is 10.7. The number of aromatic nitrogens is 4. The fraction of sp³-hybridized carbons (Fsp3) is 0.115. The SMILES string of the molecule is COc1ccc(OC)c(-c2cc(C(=O)Nc3ccccc3-c3cn4cccc(C)c4n3)[nH]n2)c1. The van der Waals surface area contributed by atoms with Crippen LogP contribution < -0.4 is 14.8 Å². The largest absolute Gasteiger partial charge is 0.497 e. The molecule has 0 bridgehead atoms. The molecule has 170 valence electrons. The predicted octanol–water partition coefficient (Wildman–Crippen LogP) is 4.97. The van der Waals surface area contributed by atoms with E-state index in [0.717, 1.165) is 28.0 Å². The van der Waals surface area contributed by atoms with E-state index >= 15 is 0 Å². The van der Waals surface area contributed by atoms with Gasteiger partial charge >= 0.3 is 0 Å². The number of ether oxygens (including phenoxy) is 2. The number of nitrogens with one attached hydrogen (secondary N) is 2. The van der Waals surface area contributed by atoms with E-state index in [1.165, 1.54) is 0 Å². The highest BCUT2D eigenvalue weighted by atomic mass is 16.5. The minimum Gasteiger partial charge on any atom is -0.497 e. The first kappa shape index (κ1) is 21.3. The van der Waals surface area contributed by atoms with E-state index in [-0.39, 0.29) is 5.91 Å². The summed E-state index contributed by atoms with van der Waals surface area (Å²) in [7, 11) is 3.18. The van der Waals surface area contributed by atoms with Crippen LogP contribution in [0.3, 0.4) is 0 Å². The van der Waals surface area contributed by atoms with Gasteiger partial charge in [0, 0.05) is 23.5 Å². The average Bonchev–Trinajstić information content (AvgIpc) is 3.52. The highest BCUT2D eigenvalue weighted by Gasteiger charge is 2.17. The standard InChI is InChI=1S/C26H23N5O3/c1-16-7-6-12-31-15-23(27-25(16)31)18-8-4-5-9-20(18)28-26(32)22-14-21(29-30-22)19-13-17(33-2)10-11-24(19)34-3/h4-15H,1-3H3,(H,28,32)(H,29,30). The second kappa shape index (κ2) is 8.74. The number of H-pyrrole nitrogens is 1. The van der Waals surface area contributed by atoms with Crippen molar-refractivity contribution < 1.29 is 14.3 Å². The molecule has 8 heteroatoms. The van der Waals surface area contributed by atoms with Crippen LogP contribution in [0.15, 0.2) is 73.1 Å². The number of aromatic amines is 1. The monoisotopic (exact) mass is 453 g/mol. The van der Waals surface area contributed by atoms with Crippen molar-refractivity contribution in [1.82, 2.24) is 19.6 Å². The zero-order chi connectivity index (χ0) is 23.7. The Morgan fingerprint density at radius 3 is 2.62 bits per heavy atom. The van der Waals surface area contributed by atoms with Gasteiger partial charge in [-0.1, -0.05) is 24.3 Å². The number of fused-ring (bicyclic) bond motifs is 1. The van der Waals surface area contributed by atoms with Gasteiger partial charge in [0.15, 0.2) is 0 Å². The van der Waals surface area contributed by atoms with Crippen molar-refractivity contribution in [2.75, 3.05) is 19.5 Å². The van der Waals surface area contributed by atoms with Crippen LogP contribution in [-0.2, 0) is 0 Å². The number of benzene rings is 2. The molecule has 2 N–H and O–H groups in total. The number of hydrogen-bond donors (Lipinski definition) is 2. The molecular weight excluding hydrogens is 430 g/mol. The van der Waals surface area contributed by atoms with E-state index in [1.807, 2.05) is 66.2 Å². The average molecular weight is 454 g/mol. The summed E-state index contributed by atoms with van der Waals surface area (Å²) in [5.74, 6) is 0.987. The number of carbonyl (C=O) groups excluding carboxylic acids is 1. The summed E-state index contributed by atoms with van der Waals surface area (Å²) in [5, 5.41) is 10.1. The lowest BCUT2D eigenvalue weighted by molar-refractivity contribution is 0.102. The Balaban J connectivity index is 1.44. The van der Waals surface area contributed by atoms with Crippen molar-refractivity contribution in [1.29, 1.82) is 0 Å². The van der Waals surface area contributed by atoms with E-state index < -0.39 is 0 Å². The van der Waals surface area contributed by atoms with Gasteiger partial charge in [-0.15, -0.1) is 0 Å². The zero-order valence-corrected chi connectivity index (χ0v) is 19.0. The third-order valence-electron chi connectivity index (χ3n) is 5.63. The van der Waals surface area contributed by atoms with Crippen molar-refractivity contribution in [2.45, 2.75) is 6.92 Å². The van der Waals surface area contributed by atoms with Gasteiger partial charge in [0.2, 0.25) is 0 Å². The van der Waals surface area contributed by atoms with Gasteiger partial charge in [-0.25, -0.2) is 4.98 Å². The van der Waals surface area contributed by atoms with Crippen LogP contribution >= 0.6 is 0 Å². The summed E-state index contributed by atoms with van der Waals surface area (Å²) in [4.78, 5) is 17.9. The fourth-order valence-corrected chi connectivity index (χ4v) is 3.88. The van der Waals surface area contributed by atoms with E-state index in [0.29, 0.717) is 28.6 Å². The quantitative estimate of drug-likeness (QED) is 0.379. The Labute approximate surface area is 196 Å². The fourth-order valence-electron chi connectivity index (χ4n) is 3.88. The number of para-hydroxylation sites is 1. The third-order valence-corrected chi connectivity index (χ3v) is 5.63. The predicted molar refractivity (Wildman–Crippen MR) is 130 cm³/mol. The van der Waals surface area contributed by atoms with Crippen molar-refractivity contribution >= 4 is 17.2 Å². The molecule has 0 saturated carbocycles. The molecule has 0 unspecified atom stereocenters. The molecule has 5 rings (SSSR count). The summed E-state index contributed by atoms with van der Waals surface area (Å²) < 4.78 is 12.7. The van der Waals surface area contributed by atoms with Gasteiger partial charge in [0.1, 0.15) is 22.8 Å². The van der Waals surface area contributed by atoms with Crippen LogP contribution in [0.2, 0.25) is 0 Å². The van der Waals surface area contributed by atoms with Crippen LogP contribution in [0.4, 0.5) is 5.69 Å². The number of methoxy groups -OCH3 is 2. The molecule has 3 heterocycles. The van der Waals surface area contributed by atoms with E-state index in [9.17, 15) is 4.79 Å². The van der Waals surface area contributed by atoms with Crippen molar-refractivity contribution in [2.24, 2.45) is 0 Å². The molecule has 5 aromatic rings. The number of carbonyl (C=O) groups is 1. The van der Waals surface area contributed by atoms with Gasteiger partial charge < -0.3 is 19.2 Å². The highest BCUT2D eigenvalue weighted by molar-refractivity contribution is 6.05. The maximum Gasteiger partial charge on any atom is 0.273 e. The number of imidazole rings is 1. The second-order valence-corrected chi connectivity index (χ2v) is 7.78. The number of aryl methyl sites for hydroxylation is 1. The number of nitrogens with zero attached hydrogens (tertiary/aromatic N) is 3. The molecule has 34 heavy (non-hydrogen) atoms. The summed E-state index contributed by atoms with van der Waals surface area (Å²) in [5.41, 5.74) is 5.83. The first-order chi connectivity index (χ1) is 16.6. The molecule has 0 radical (unpaired) electrons. The Morgan fingerprint density at radius 1 is 0.971 bits per heavy atom. The van der Waals surface area contributed by atoms with Gasteiger partial charge in [-0.05, 0) is 48.9 Å². The third kappa shape index (κ3) is 3.86. The lowest BCUT2D eigenvalue weighted by Crippen LogP contribution is -2.13. The molecule has 0 saturated heterocycles. The van der Waals surface area contributed by atoms with E-state index in [4.69, 9.17) is 14.5 Å². The number of amides is 1. The molecule has 8 nitrogen and oxygen atoms in total. The highest BCUT2D eigenvalue weighted by Crippen LogP contribution is 2.33. The number of anilines is 1. The number of pyridine rings is 1. The minimum atomic E-state index is -0.312. The minimum absolute atomic E-state index is 0.312. The Hall–Kier alpha value is -4.59. The Morgan fingerprint density at radius 2 is 1.82 bits per heavy atom. The molecule has 0 aliphatic rings. The number of hydrogen-bond acceptors (Lipinski definition) is 5. The lowest BCUT2D eigenvalue weighted by Gasteiger charge is -2.09. The van der Waals surface area contributed by atoms with E-state index in [1.54, 1.807) is 32.4 Å². The summed E-state index contributed by atoms with van der Waals surface area (Å²) in [6, 6.07) is 18.7. The van der Waals surface area contributed by atoms with Crippen molar-refractivity contribution in [3.05, 3.63) is 84.3 Å². The Bertz CT molecular complexity index is 1500. The summed E-state index contributed by atoms with van der Waals surface area (Å²) >= 11 is 0. The van der Waals surface area contributed by atoms with Crippen LogP contribution in [0.25, 0.3) is 28.2 Å². The molecule has 3 aromatic heterocycles. The first-order valence-electron chi connectivity index (χ1n) is 10.7. The molecule has 0 atom stereocenters. The van der Waals surface area contributed by atoms with Gasteiger partial charge in [-0.3, -0.25) is 9.89 Å². The molecule has 0 aliphatic heterocycles. The molecule has 2 aromatic carbocycles. The molecule has 1 amide bonds. The van der Waals surface area contributed by atoms with Crippen molar-refractivity contribution in [3.63, 3.8) is 0 Å². The topological polar surface area (TPSA) is 93.5 Å². The molecule has 0 fully saturated rings. The van der Waals surface area contributed by atoms with Crippen molar-refractivity contribution in [3.8, 4) is 34.0 Å². The summed E-state index contributed by atoms with van der Waals surface area (Å²) in [6.45, 7) is 2.02. The lowest BCUT2D eigenvalue weighted by atomic mass is 10.1. The van der Waals surface area contributed by atoms with Crippen LogP contribution in [-0.4, -0.2) is 39.7 Å². The van der Waals surface area contributed by atoms with Crippen LogP contribution in [0.5, 0.6) is 11.5 Å². The molecular formula is C26H23N5O3. The zero-order valence-electron chi connectivity index (χ0n) is 19.0. The normalized spacial score (nSPS) is 10.9. The smallest absolute Gasteiger partial charge is 0.273 e. The summed E-state index contributed by atoms with van der Waals surface area (Å²) in [6.07, 6.45) is 3.91. The molecule has 0 aliphatic carbocycles. The van der Waals surface area contributed by atoms with Gasteiger partial charge in [0.05, 0.1) is 31.3 Å². The Kier molecular flexibility index (Phi) is 5.47. The van der Waals surface area contributed by atoms with Crippen LogP contribution in [0.1, 0.15) is 16.1 Å². The van der Waals surface area contributed by atoms with E-state index in [2.05, 4.69) is 15.5 Å². The molecule has 0 spiro atoms. The maximum atomic E-state index is 13.1. The van der Waals surface area contributed by atoms with Gasteiger partial charge in [-0.2, -0.15) is 5.10 Å². The van der Waals surface area contributed by atoms with Crippen LogP contribution in [0, 0.1) is 6.92 Å². The number of rotatable bonds is 6.